The molecule has 1 N–H and O–H groups in total. The number of rotatable bonds is 28. The zero-order chi connectivity index (χ0) is 74.2. The van der Waals surface area contributed by atoms with Crippen LogP contribution in [0.15, 0.2) is 84.9 Å². The third-order valence-electron chi connectivity index (χ3n) is 14.1. The molecule has 0 aliphatic rings. The Labute approximate surface area is 501 Å². The van der Waals surface area contributed by atoms with Crippen molar-refractivity contribution in [3.63, 3.8) is 0 Å². The van der Waals surface area contributed by atoms with Crippen LogP contribution in [-0.2, 0) is 11.3 Å². The van der Waals surface area contributed by atoms with Gasteiger partial charge in [0.1, 0.15) is 6.04 Å². The molecule has 3 aromatic rings. The van der Waals surface area contributed by atoms with Crippen molar-refractivity contribution >= 4 is 25.1 Å². The van der Waals surface area contributed by atoms with Gasteiger partial charge in [-0.1, -0.05) is 78.0 Å². The second kappa shape index (κ2) is 25.2. The molecule has 0 bridgehead atoms. The van der Waals surface area contributed by atoms with Gasteiger partial charge in [0, 0.05) is 36.9 Å². The topological polar surface area (TPSA) is 49.4 Å². The normalized spacial score (nSPS) is 15.7. The molecular weight excluding hydrogens is 1430 g/mol. The third-order valence-corrected chi connectivity index (χ3v) is 19.3. The molecule has 0 aromatic heterocycles. The molecule has 4 nitrogen and oxygen atoms in total. The molecule has 0 heterocycles. The lowest BCUT2D eigenvalue weighted by molar-refractivity contribution is -0.440. The van der Waals surface area contributed by atoms with Crippen LogP contribution in [0.1, 0.15) is 67.6 Å². The molecule has 3 aromatic carbocycles. The lowest BCUT2D eigenvalue weighted by atomic mass is 9.93. The van der Waals surface area contributed by atoms with Crippen LogP contribution in [0.5, 0.6) is 0 Å². The smallest absolute Gasteiger partial charge is 0.349 e. The van der Waals surface area contributed by atoms with Crippen LogP contribution in [0.25, 0.3) is 0 Å². The maximum atomic E-state index is 15.7. The second-order valence-electron chi connectivity index (χ2n) is 21.8. The summed E-state index contributed by atoms with van der Waals surface area (Å²) in [7, 11) is -7.43. The molecule has 2 amide bonds. The van der Waals surface area contributed by atoms with Gasteiger partial charge in [-0.3, -0.25) is 9.59 Å². The Hall–Kier alpha value is -5.91. The predicted octanol–water partition coefficient (Wildman–Crippen LogP) is 19.0. The van der Waals surface area contributed by atoms with Crippen molar-refractivity contribution < 1.29 is 181 Å². The van der Waals surface area contributed by atoms with Crippen molar-refractivity contribution in [1.82, 2.24) is 10.2 Å². The Morgan fingerprint density at radius 2 is 0.628 bits per heavy atom. The van der Waals surface area contributed by atoms with Gasteiger partial charge in [0.25, 0.3) is 5.91 Å². The van der Waals surface area contributed by atoms with Crippen LogP contribution < -0.4 is 10.5 Å². The Balaban J connectivity index is 2.66. The van der Waals surface area contributed by atoms with E-state index in [0.29, 0.717) is 4.90 Å². The number of carbonyl (C=O) groups is 2. The summed E-state index contributed by atoms with van der Waals surface area (Å²) in [5.41, 5.74) is -2.74. The van der Waals surface area contributed by atoms with Crippen molar-refractivity contribution in [1.29, 1.82) is 0 Å². The molecule has 3 rings (SSSR count). The molecule has 1 atom stereocenters. The highest BCUT2D eigenvalue weighted by Gasteiger charge is 2.93. The number of nitrogens with one attached hydrogen (secondary N) is 1. The summed E-state index contributed by atoms with van der Waals surface area (Å²) >= 11 is 0. The van der Waals surface area contributed by atoms with E-state index in [9.17, 15) is 128 Å². The van der Waals surface area contributed by atoms with Gasteiger partial charge in [-0.2, -0.15) is 171 Å². The van der Waals surface area contributed by atoms with Crippen LogP contribution >= 0.6 is 0 Å². The van der Waals surface area contributed by atoms with E-state index in [4.69, 9.17) is 0 Å². The van der Waals surface area contributed by atoms with Crippen LogP contribution in [0.2, 0.25) is 18.1 Å². The number of benzene rings is 3. The van der Waals surface area contributed by atoms with Crippen molar-refractivity contribution in [3.8, 4) is 0 Å². The van der Waals surface area contributed by atoms with Crippen LogP contribution in [-0.4, -0.2) is 138 Å². The Morgan fingerprint density at radius 1 is 0.362 bits per heavy atom. The molecule has 0 aliphatic carbocycles. The van der Waals surface area contributed by atoms with E-state index < -0.39 is 194 Å². The third kappa shape index (κ3) is 14.0. The number of carbonyl (C=O) groups excluding carboxylic acids is 2. The standard InChI is InChI=1S/C50H39F39N2O2Si/c1-32(2,3)90-30(92)29(26-12-8-5-9-13-26)91(24-25-10-6-4-7-11-25)31(93)27-14-16-28(17-15-27)94(21-18-33(51,52)36(57,58)39(63,64)42(69,70)45(75,76)48(81,82)83,22-19-34(53,54)37(59,60)40(65,66)43(71,72)46(77,78)49(84,85)86)23-20-35(55,56)38(61,62)41(67,68)44(73,74)47(79,80)50(87,88)89/h4-17,29H,18-24H2,1-3H3,(H,90,92). The second-order valence-corrected chi connectivity index (χ2v) is 26.5. The maximum Gasteiger partial charge on any atom is 0.460 e. The van der Waals surface area contributed by atoms with E-state index in [1.54, 1.807) is 0 Å². The first-order chi connectivity index (χ1) is 41.3. The summed E-state index contributed by atoms with van der Waals surface area (Å²) in [6.07, 6.45) is -37.2. The summed E-state index contributed by atoms with van der Waals surface area (Å²) < 4.78 is 559. The molecule has 0 saturated carbocycles. The predicted molar refractivity (Wildman–Crippen MR) is 246 cm³/mol. The van der Waals surface area contributed by atoms with Gasteiger partial charge in [0.15, 0.2) is 0 Å². The molecule has 44 heteroatoms. The largest absolute Gasteiger partial charge is 0.460 e. The molecule has 538 valence electrons. The van der Waals surface area contributed by atoms with E-state index in [1.165, 1.54) is 69.3 Å². The van der Waals surface area contributed by atoms with Gasteiger partial charge in [0.2, 0.25) is 5.91 Å². The monoisotopic (exact) mass is 1470 g/mol. The molecule has 0 saturated heterocycles. The molecule has 1 unspecified atom stereocenters. The number of hydrogen-bond acceptors (Lipinski definition) is 2. The number of hydrogen-bond donors (Lipinski definition) is 1. The van der Waals surface area contributed by atoms with Gasteiger partial charge < -0.3 is 10.2 Å². The fourth-order valence-corrected chi connectivity index (χ4v) is 13.5. The van der Waals surface area contributed by atoms with Crippen molar-refractivity contribution in [2.24, 2.45) is 0 Å². The van der Waals surface area contributed by atoms with Gasteiger partial charge in [-0.05, 0) is 62.2 Å². The van der Waals surface area contributed by atoms with Gasteiger partial charge in [0.05, 0.1) is 8.07 Å². The molecule has 94 heavy (non-hydrogen) atoms. The SMILES string of the molecule is CC(C)(C)NC(=O)C(c1ccccc1)N(Cc1ccccc1)C(=O)c1ccc([Si](CCC(F)(F)C(F)(F)C(F)(F)C(F)(F)C(F)(F)C(F)(F)F)(CCC(F)(F)C(F)(F)C(F)(F)C(F)(F)C(F)(F)C(F)(F)F)CCC(F)(F)C(F)(F)C(F)(F)C(F)(F)C(F)(F)C(F)(F)F)cc1. The lowest BCUT2D eigenvalue weighted by Gasteiger charge is -2.43. The molecule has 0 aliphatic heterocycles. The molecular formula is C50H39F39N2O2Si. The summed E-state index contributed by atoms with van der Waals surface area (Å²) in [4.78, 5) is 29.2. The Morgan fingerprint density at radius 3 is 0.894 bits per heavy atom. The number of halogens is 39. The van der Waals surface area contributed by atoms with Crippen LogP contribution in [0.4, 0.5) is 171 Å². The minimum atomic E-state index is -8.99. The fourth-order valence-electron chi connectivity index (χ4n) is 8.61. The average molecular weight is 1470 g/mol. The summed E-state index contributed by atoms with van der Waals surface area (Å²) in [6, 6.07) is -1.03. The summed E-state index contributed by atoms with van der Waals surface area (Å²) in [5, 5.41) is 0.331. The number of amides is 2. The quantitative estimate of drug-likeness (QED) is 0.0582. The minimum Gasteiger partial charge on any atom is -0.349 e. The van der Waals surface area contributed by atoms with E-state index in [-0.39, 0.29) is 35.4 Å². The summed E-state index contributed by atoms with van der Waals surface area (Å²) in [6.45, 7) is 3.11. The average Bonchev–Trinajstić information content (AvgIpc) is 0.724. The Kier molecular flexibility index (Phi) is 22.1. The van der Waals surface area contributed by atoms with Crippen molar-refractivity contribution in [2.75, 3.05) is 0 Å². The van der Waals surface area contributed by atoms with Gasteiger partial charge in [-0.25, -0.2) is 0 Å². The Bertz CT molecular complexity index is 2890. The molecule has 0 spiro atoms. The van der Waals surface area contributed by atoms with Crippen LogP contribution in [0.3, 0.4) is 0 Å². The molecule has 0 fully saturated rings. The van der Waals surface area contributed by atoms with E-state index >= 15 is 52.7 Å². The van der Waals surface area contributed by atoms with E-state index in [0.717, 1.165) is 12.1 Å². The minimum absolute atomic E-state index is 0.0158. The highest BCUT2D eigenvalue weighted by Crippen LogP contribution is 2.65. The first kappa shape index (κ1) is 82.3. The zero-order valence-corrected chi connectivity index (χ0v) is 47.1. The van der Waals surface area contributed by atoms with Crippen LogP contribution in [0, 0.1) is 0 Å². The molecule has 0 radical (unpaired) electrons. The van der Waals surface area contributed by atoms with E-state index in [2.05, 4.69) is 5.32 Å². The first-order valence-electron chi connectivity index (χ1n) is 25.0. The highest BCUT2D eigenvalue weighted by atomic mass is 28.3. The fraction of sp³-hybridized carbons (Fsp3) is 0.600. The van der Waals surface area contributed by atoms with Crippen molar-refractivity contribution in [3.05, 3.63) is 102 Å². The lowest BCUT2D eigenvalue weighted by Crippen LogP contribution is -2.70. The van der Waals surface area contributed by atoms with Gasteiger partial charge in [-0.15, -0.1) is 0 Å². The van der Waals surface area contributed by atoms with Crippen molar-refractivity contribution in [2.45, 2.75) is 184 Å². The highest BCUT2D eigenvalue weighted by molar-refractivity contribution is 6.92. The van der Waals surface area contributed by atoms with E-state index in [1.807, 2.05) is 0 Å². The number of nitrogens with zero attached hydrogens (tertiary/aromatic N) is 1. The first-order valence-corrected chi connectivity index (χ1v) is 27.6. The zero-order valence-electron chi connectivity index (χ0n) is 46.1. The maximum absolute atomic E-state index is 15.7. The summed E-state index contributed by atoms with van der Waals surface area (Å²) in [5.74, 6) is -132. The number of alkyl halides is 39. The van der Waals surface area contributed by atoms with Gasteiger partial charge >= 0.3 is 107 Å².